The quantitative estimate of drug-likeness (QED) is 0.298. The molecule has 0 aliphatic carbocycles. The molecule has 0 saturated heterocycles. The van der Waals surface area contributed by atoms with Crippen LogP contribution < -0.4 is 0 Å². The van der Waals surface area contributed by atoms with Crippen LogP contribution in [0.25, 0.3) is 60.4 Å². The van der Waals surface area contributed by atoms with E-state index in [4.69, 9.17) is 0 Å². The summed E-state index contributed by atoms with van der Waals surface area (Å²) in [6, 6.07) is 41.3. The van der Waals surface area contributed by atoms with Gasteiger partial charge in [-0.2, -0.15) is 0 Å². The normalized spacial score (nSPS) is 11.8. The van der Waals surface area contributed by atoms with Crippen molar-refractivity contribution >= 4 is 43.6 Å². The number of benzene rings is 5. The third-order valence-electron chi connectivity index (χ3n) is 6.55. The number of aromatic amines is 1. The Morgan fingerprint density at radius 2 is 1.00 bits per heavy atom. The summed E-state index contributed by atoms with van der Waals surface area (Å²) < 4.78 is 2.41. The van der Waals surface area contributed by atoms with E-state index < -0.39 is 0 Å². The smallest absolute Gasteiger partial charge is 0.0541 e. The van der Waals surface area contributed by atoms with Crippen LogP contribution in [-0.2, 0) is 0 Å². The highest BCUT2D eigenvalue weighted by atomic mass is 15.0. The first kappa shape index (κ1) is 17.4. The molecular weight excluding hydrogens is 388 g/mol. The highest BCUT2D eigenvalue weighted by Gasteiger charge is 2.17. The molecule has 0 atom stereocenters. The van der Waals surface area contributed by atoms with E-state index in [0.29, 0.717) is 0 Å². The SMILES string of the molecule is c1ccc(-n2c3ccccc3c3ccccc32)c(-c2cccc3[nH]c4ccccc4c23)c1. The zero-order valence-electron chi connectivity index (χ0n) is 17.4. The van der Waals surface area contributed by atoms with Crippen LogP contribution in [0.5, 0.6) is 0 Å². The monoisotopic (exact) mass is 408 g/mol. The molecule has 0 spiro atoms. The molecular formula is C30H20N2. The van der Waals surface area contributed by atoms with Gasteiger partial charge >= 0.3 is 0 Å². The molecule has 0 saturated carbocycles. The predicted octanol–water partition coefficient (Wildman–Crippen LogP) is 8.09. The molecule has 5 aromatic carbocycles. The zero-order chi connectivity index (χ0) is 21.1. The lowest BCUT2D eigenvalue weighted by molar-refractivity contribution is 1.18. The van der Waals surface area contributed by atoms with E-state index in [1.54, 1.807) is 0 Å². The summed E-state index contributed by atoms with van der Waals surface area (Å²) in [5.41, 5.74) is 8.47. The van der Waals surface area contributed by atoms with Gasteiger partial charge in [-0.25, -0.2) is 0 Å². The first-order valence-electron chi connectivity index (χ1n) is 11.0. The van der Waals surface area contributed by atoms with Crippen molar-refractivity contribution in [3.8, 4) is 16.8 Å². The van der Waals surface area contributed by atoms with Crippen LogP contribution in [0.15, 0.2) is 115 Å². The van der Waals surface area contributed by atoms with Crippen molar-refractivity contribution in [2.75, 3.05) is 0 Å². The van der Waals surface area contributed by atoms with Gasteiger partial charge in [-0.1, -0.05) is 84.9 Å². The largest absolute Gasteiger partial charge is 0.354 e. The first-order valence-corrected chi connectivity index (χ1v) is 11.0. The molecule has 0 radical (unpaired) electrons. The van der Waals surface area contributed by atoms with Crippen LogP contribution in [0.4, 0.5) is 0 Å². The molecule has 0 fully saturated rings. The highest BCUT2D eigenvalue weighted by molar-refractivity contribution is 6.15. The summed E-state index contributed by atoms with van der Waals surface area (Å²) in [4.78, 5) is 3.59. The third kappa shape index (κ3) is 2.35. The summed E-state index contributed by atoms with van der Waals surface area (Å²) >= 11 is 0. The van der Waals surface area contributed by atoms with Gasteiger partial charge in [0.05, 0.1) is 16.7 Å². The lowest BCUT2D eigenvalue weighted by Gasteiger charge is -2.15. The predicted molar refractivity (Wildman–Crippen MR) is 136 cm³/mol. The van der Waals surface area contributed by atoms with Crippen LogP contribution in [0, 0.1) is 0 Å². The van der Waals surface area contributed by atoms with Crippen molar-refractivity contribution in [3.63, 3.8) is 0 Å². The van der Waals surface area contributed by atoms with Crippen LogP contribution >= 0.6 is 0 Å². The van der Waals surface area contributed by atoms with Gasteiger partial charge in [0.1, 0.15) is 0 Å². The fourth-order valence-corrected chi connectivity index (χ4v) is 5.20. The van der Waals surface area contributed by atoms with Crippen LogP contribution in [0.3, 0.4) is 0 Å². The van der Waals surface area contributed by atoms with Crippen molar-refractivity contribution in [2.24, 2.45) is 0 Å². The van der Waals surface area contributed by atoms with E-state index in [2.05, 4.69) is 125 Å². The maximum absolute atomic E-state index is 3.59. The van der Waals surface area contributed by atoms with Gasteiger partial charge in [-0.05, 0) is 35.9 Å². The topological polar surface area (TPSA) is 20.7 Å². The average molecular weight is 409 g/mol. The molecule has 0 bridgehead atoms. The standard InChI is InChI=1S/C30H20N2/c1-5-15-25-24(13-1)30-23(14-9-16-26(30)31-25)22-12-4-8-19-29(22)32-27-17-6-2-10-20(27)21-11-3-7-18-28(21)32/h1-19,31H. The Bertz CT molecular complexity index is 1730. The van der Waals surface area contributed by atoms with Crippen LogP contribution in [0.2, 0.25) is 0 Å². The molecule has 2 nitrogen and oxygen atoms in total. The Kier molecular flexibility index (Phi) is 3.58. The van der Waals surface area contributed by atoms with Crippen molar-refractivity contribution in [3.05, 3.63) is 115 Å². The zero-order valence-corrected chi connectivity index (χ0v) is 17.4. The molecule has 32 heavy (non-hydrogen) atoms. The summed E-state index contributed by atoms with van der Waals surface area (Å²) in [6.45, 7) is 0. The number of nitrogens with zero attached hydrogens (tertiary/aromatic N) is 1. The van der Waals surface area contributed by atoms with E-state index in [-0.39, 0.29) is 0 Å². The summed E-state index contributed by atoms with van der Waals surface area (Å²) in [5.74, 6) is 0. The Balaban J connectivity index is 1.62. The summed E-state index contributed by atoms with van der Waals surface area (Å²) in [7, 11) is 0. The number of para-hydroxylation sites is 4. The number of nitrogens with one attached hydrogen (secondary N) is 1. The fraction of sp³-hybridized carbons (Fsp3) is 0. The molecule has 150 valence electrons. The summed E-state index contributed by atoms with van der Waals surface area (Å²) in [5, 5.41) is 5.10. The maximum atomic E-state index is 3.59. The number of fused-ring (bicyclic) bond motifs is 6. The van der Waals surface area contributed by atoms with Gasteiger partial charge in [-0.15, -0.1) is 0 Å². The van der Waals surface area contributed by atoms with Gasteiger partial charge < -0.3 is 9.55 Å². The molecule has 0 amide bonds. The van der Waals surface area contributed by atoms with Gasteiger partial charge in [0.2, 0.25) is 0 Å². The minimum Gasteiger partial charge on any atom is -0.354 e. The second-order valence-corrected chi connectivity index (χ2v) is 8.29. The third-order valence-corrected chi connectivity index (χ3v) is 6.55. The van der Waals surface area contributed by atoms with E-state index >= 15 is 0 Å². The molecule has 7 aromatic rings. The molecule has 0 aliphatic rings. The lowest BCUT2D eigenvalue weighted by Crippen LogP contribution is -1.97. The highest BCUT2D eigenvalue weighted by Crippen LogP contribution is 2.40. The van der Waals surface area contributed by atoms with E-state index in [9.17, 15) is 0 Å². The van der Waals surface area contributed by atoms with Gasteiger partial charge in [0.15, 0.2) is 0 Å². The Morgan fingerprint density at radius 3 is 1.78 bits per heavy atom. The second kappa shape index (κ2) is 6.60. The molecule has 0 unspecified atom stereocenters. The van der Waals surface area contributed by atoms with Crippen LogP contribution in [0.1, 0.15) is 0 Å². The van der Waals surface area contributed by atoms with Crippen molar-refractivity contribution < 1.29 is 0 Å². The van der Waals surface area contributed by atoms with Crippen molar-refractivity contribution in [1.82, 2.24) is 9.55 Å². The van der Waals surface area contributed by atoms with E-state index in [0.717, 1.165) is 0 Å². The molecule has 7 rings (SSSR count). The Labute approximate surface area is 185 Å². The molecule has 1 N–H and O–H groups in total. The maximum Gasteiger partial charge on any atom is 0.0541 e. The van der Waals surface area contributed by atoms with Crippen molar-refractivity contribution in [2.45, 2.75) is 0 Å². The number of H-pyrrole nitrogens is 1. The van der Waals surface area contributed by atoms with Crippen LogP contribution in [-0.4, -0.2) is 9.55 Å². The molecule has 2 heteroatoms. The minimum atomic E-state index is 1.17. The summed E-state index contributed by atoms with van der Waals surface area (Å²) in [6.07, 6.45) is 0. The molecule has 2 heterocycles. The number of rotatable bonds is 2. The molecule has 0 aliphatic heterocycles. The minimum absolute atomic E-state index is 1.17. The average Bonchev–Trinajstić information content (AvgIpc) is 3.40. The lowest BCUT2D eigenvalue weighted by atomic mass is 9.97. The Morgan fingerprint density at radius 1 is 0.438 bits per heavy atom. The molecule has 2 aromatic heterocycles. The number of hydrogen-bond acceptors (Lipinski definition) is 0. The fourth-order valence-electron chi connectivity index (χ4n) is 5.20. The van der Waals surface area contributed by atoms with E-state index in [1.807, 2.05) is 0 Å². The number of hydrogen-bond donors (Lipinski definition) is 1. The van der Waals surface area contributed by atoms with Gasteiger partial charge in [0.25, 0.3) is 0 Å². The van der Waals surface area contributed by atoms with Gasteiger partial charge in [-0.3, -0.25) is 0 Å². The first-order chi connectivity index (χ1) is 15.9. The van der Waals surface area contributed by atoms with Crippen molar-refractivity contribution in [1.29, 1.82) is 0 Å². The second-order valence-electron chi connectivity index (χ2n) is 8.29. The van der Waals surface area contributed by atoms with Gasteiger partial charge in [0, 0.05) is 38.1 Å². The van der Waals surface area contributed by atoms with E-state index in [1.165, 1.54) is 60.4 Å². The Hall–Kier alpha value is -4.30. The number of aromatic nitrogens is 2.